The second-order valence-electron chi connectivity index (χ2n) is 4.73. The molecular formula is C18H17S+. The maximum absolute atomic E-state index is 2.33. The molecule has 0 aliphatic carbocycles. The van der Waals surface area contributed by atoms with Gasteiger partial charge in [0.25, 0.3) is 0 Å². The zero-order valence-corrected chi connectivity index (χ0v) is 11.9. The molecule has 0 spiro atoms. The van der Waals surface area contributed by atoms with Crippen LogP contribution < -0.4 is 0 Å². The number of benzene rings is 3. The van der Waals surface area contributed by atoms with Crippen LogP contribution in [0.2, 0.25) is 0 Å². The maximum Gasteiger partial charge on any atom is 0.154 e. The van der Waals surface area contributed by atoms with Gasteiger partial charge >= 0.3 is 0 Å². The van der Waals surface area contributed by atoms with E-state index < -0.39 is 0 Å². The summed E-state index contributed by atoms with van der Waals surface area (Å²) >= 11 is 0. The molecule has 0 aliphatic rings. The van der Waals surface area contributed by atoms with Gasteiger partial charge in [-0.25, -0.2) is 0 Å². The van der Waals surface area contributed by atoms with E-state index in [-0.39, 0.29) is 10.9 Å². The molecule has 0 aromatic heterocycles. The standard InChI is InChI=1S/C18H17S/c1-19(17-11-3-2-4-12-17)14-16-10-7-9-15-8-5-6-13-18(15)16/h2-13H,14H2,1H3/q+1. The van der Waals surface area contributed by atoms with Crippen molar-refractivity contribution in [1.29, 1.82) is 0 Å². The van der Waals surface area contributed by atoms with Crippen LogP contribution in [0, 0.1) is 0 Å². The van der Waals surface area contributed by atoms with Crippen molar-refractivity contribution in [2.45, 2.75) is 10.6 Å². The highest BCUT2D eigenvalue weighted by molar-refractivity contribution is 7.95. The fourth-order valence-corrected chi connectivity index (χ4v) is 3.89. The molecule has 0 N–H and O–H groups in total. The van der Waals surface area contributed by atoms with Crippen LogP contribution in [-0.2, 0) is 16.6 Å². The van der Waals surface area contributed by atoms with Crippen molar-refractivity contribution in [3.05, 3.63) is 78.4 Å². The second kappa shape index (κ2) is 5.50. The molecule has 0 nitrogen and oxygen atoms in total. The minimum Gasteiger partial charge on any atom is -0.0619 e. The lowest BCUT2D eigenvalue weighted by Gasteiger charge is -2.06. The Labute approximate surface area is 117 Å². The lowest BCUT2D eigenvalue weighted by Crippen LogP contribution is -2.03. The molecule has 1 heteroatoms. The molecule has 3 rings (SSSR count). The van der Waals surface area contributed by atoms with Gasteiger partial charge in [0, 0.05) is 16.5 Å². The molecule has 94 valence electrons. The van der Waals surface area contributed by atoms with E-state index >= 15 is 0 Å². The Morgan fingerprint density at radius 2 is 1.42 bits per heavy atom. The van der Waals surface area contributed by atoms with Crippen LogP contribution in [-0.4, -0.2) is 6.26 Å². The van der Waals surface area contributed by atoms with E-state index in [0.717, 1.165) is 5.75 Å². The Balaban J connectivity index is 1.94. The van der Waals surface area contributed by atoms with E-state index in [1.54, 1.807) is 0 Å². The summed E-state index contributed by atoms with van der Waals surface area (Å²) in [6.45, 7) is 0. The number of rotatable bonds is 3. The molecule has 0 fully saturated rings. The summed E-state index contributed by atoms with van der Waals surface area (Å²) in [6, 6.07) is 26.1. The van der Waals surface area contributed by atoms with Gasteiger partial charge in [0.15, 0.2) is 4.90 Å². The summed E-state index contributed by atoms with van der Waals surface area (Å²) in [5, 5.41) is 2.73. The predicted octanol–water partition coefficient (Wildman–Crippen LogP) is 4.65. The first-order valence-electron chi connectivity index (χ1n) is 6.49. The summed E-state index contributed by atoms with van der Waals surface area (Å²) in [6.07, 6.45) is 2.33. The Kier molecular flexibility index (Phi) is 3.56. The van der Waals surface area contributed by atoms with Crippen LogP contribution in [0.3, 0.4) is 0 Å². The van der Waals surface area contributed by atoms with E-state index in [1.165, 1.54) is 21.2 Å². The van der Waals surface area contributed by atoms with Crippen molar-refractivity contribution < 1.29 is 0 Å². The van der Waals surface area contributed by atoms with Gasteiger partial charge in [0.05, 0.1) is 0 Å². The Hall–Kier alpha value is -1.73. The van der Waals surface area contributed by atoms with E-state index in [2.05, 4.69) is 79.1 Å². The molecule has 1 atom stereocenters. The molecule has 0 bridgehead atoms. The van der Waals surface area contributed by atoms with Gasteiger partial charge in [0.1, 0.15) is 12.0 Å². The topological polar surface area (TPSA) is 0 Å². The molecule has 0 heterocycles. The van der Waals surface area contributed by atoms with Crippen LogP contribution in [0.15, 0.2) is 77.7 Å². The van der Waals surface area contributed by atoms with Gasteiger partial charge in [-0.3, -0.25) is 0 Å². The number of hydrogen-bond acceptors (Lipinski definition) is 0. The molecule has 0 amide bonds. The minimum atomic E-state index is 0.260. The molecule has 1 unspecified atom stereocenters. The Morgan fingerprint density at radius 3 is 2.26 bits per heavy atom. The Morgan fingerprint density at radius 1 is 0.737 bits per heavy atom. The van der Waals surface area contributed by atoms with Crippen molar-refractivity contribution in [1.82, 2.24) is 0 Å². The van der Waals surface area contributed by atoms with Crippen molar-refractivity contribution >= 4 is 21.7 Å². The van der Waals surface area contributed by atoms with E-state index in [9.17, 15) is 0 Å². The third kappa shape index (κ3) is 2.66. The third-order valence-electron chi connectivity index (χ3n) is 3.40. The maximum atomic E-state index is 2.33. The summed E-state index contributed by atoms with van der Waals surface area (Å²) in [4.78, 5) is 1.44. The zero-order chi connectivity index (χ0) is 13.1. The summed E-state index contributed by atoms with van der Waals surface area (Å²) in [7, 11) is 0.260. The van der Waals surface area contributed by atoms with Gasteiger partial charge < -0.3 is 0 Å². The fraction of sp³-hybridized carbons (Fsp3) is 0.111. The van der Waals surface area contributed by atoms with Crippen LogP contribution in [0.25, 0.3) is 10.8 Å². The lowest BCUT2D eigenvalue weighted by molar-refractivity contribution is 1.38. The highest BCUT2D eigenvalue weighted by atomic mass is 32.2. The van der Waals surface area contributed by atoms with Gasteiger partial charge in [-0.2, -0.15) is 0 Å². The first-order chi connectivity index (χ1) is 9.34. The van der Waals surface area contributed by atoms with Crippen LogP contribution in [0.1, 0.15) is 5.56 Å². The van der Waals surface area contributed by atoms with Gasteiger partial charge in [0.2, 0.25) is 0 Å². The molecule has 0 saturated carbocycles. The molecular weight excluding hydrogens is 248 g/mol. The van der Waals surface area contributed by atoms with E-state index in [4.69, 9.17) is 0 Å². The van der Waals surface area contributed by atoms with Gasteiger partial charge in [-0.15, -0.1) is 0 Å². The zero-order valence-electron chi connectivity index (χ0n) is 11.0. The van der Waals surface area contributed by atoms with Gasteiger partial charge in [-0.05, 0) is 22.9 Å². The molecule has 0 saturated heterocycles. The largest absolute Gasteiger partial charge is 0.154 e. The second-order valence-corrected chi connectivity index (χ2v) is 6.77. The van der Waals surface area contributed by atoms with Crippen LogP contribution in [0.5, 0.6) is 0 Å². The molecule has 3 aromatic carbocycles. The molecule has 3 aromatic rings. The van der Waals surface area contributed by atoms with Crippen molar-refractivity contribution in [2.24, 2.45) is 0 Å². The summed E-state index contributed by atoms with van der Waals surface area (Å²) in [5.41, 5.74) is 1.45. The van der Waals surface area contributed by atoms with Crippen molar-refractivity contribution in [3.63, 3.8) is 0 Å². The van der Waals surface area contributed by atoms with Crippen LogP contribution in [0.4, 0.5) is 0 Å². The average Bonchev–Trinajstić information content (AvgIpc) is 2.48. The van der Waals surface area contributed by atoms with E-state index in [0.29, 0.717) is 0 Å². The van der Waals surface area contributed by atoms with E-state index in [1.807, 2.05) is 0 Å². The Bertz CT molecular complexity index is 668. The van der Waals surface area contributed by atoms with Gasteiger partial charge in [-0.1, -0.05) is 60.7 Å². The molecule has 19 heavy (non-hydrogen) atoms. The molecule has 0 radical (unpaired) electrons. The highest BCUT2D eigenvalue weighted by Gasteiger charge is 2.16. The summed E-state index contributed by atoms with van der Waals surface area (Å²) < 4.78 is 0. The highest BCUT2D eigenvalue weighted by Crippen LogP contribution is 2.23. The lowest BCUT2D eigenvalue weighted by atomic mass is 10.1. The number of hydrogen-bond donors (Lipinski definition) is 0. The van der Waals surface area contributed by atoms with Crippen molar-refractivity contribution in [3.8, 4) is 0 Å². The molecule has 0 aliphatic heterocycles. The summed E-state index contributed by atoms with van der Waals surface area (Å²) in [5.74, 6) is 1.12. The van der Waals surface area contributed by atoms with Crippen LogP contribution >= 0.6 is 0 Å². The SMILES string of the molecule is C[S+](Cc1cccc2ccccc12)c1ccccc1. The predicted molar refractivity (Wildman–Crippen MR) is 85.6 cm³/mol. The average molecular weight is 265 g/mol. The monoisotopic (exact) mass is 265 g/mol. The first-order valence-corrected chi connectivity index (χ1v) is 8.29. The third-order valence-corrected chi connectivity index (χ3v) is 5.22. The fourth-order valence-electron chi connectivity index (χ4n) is 2.39. The number of fused-ring (bicyclic) bond motifs is 1. The quantitative estimate of drug-likeness (QED) is 0.605. The minimum absolute atomic E-state index is 0.260. The smallest absolute Gasteiger partial charge is 0.0619 e. The van der Waals surface area contributed by atoms with Crippen molar-refractivity contribution in [2.75, 3.05) is 6.26 Å². The first kappa shape index (κ1) is 12.3. The normalized spacial score (nSPS) is 12.5.